The zero-order valence-electron chi connectivity index (χ0n) is 10.9. The number of benzene rings is 1. The van der Waals surface area contributed by atoms with E-state index in [0.717, 1.165) is 5.56 Å². The van der Waals surface area contributed by atoms with Gasteiger partial charge in [-0.25, -0.2) is 0 Å². The molecule has 0 saturated carbocycles. The topological polar surface area (TPSA) is 46.6 Å². The van der Waals surface area contributed by atoms with Crippen LogP contribution in [-0.2, 0) is 4.79 Å². The Morgan fingerprint density at radius 1 is 1.44 bits per heavy atom. The van der Waals surface area contributed by atoms with Gasteiger partial charge >= 0.3 is 0 Å². The Balaban J connectivity index is 2.25. The van der Waals surface area contributed by atoms with E-state index >= 15 is 0 Å². The minimum Gasteiger partial charge on any atom is -0.497 e. The van der Waals surface area contributed by atoms with Crippen LogP contribution in [0.1, 0.15) is 34.7 Å². The van der Waals surface area contributed by atoms with Crippen LogP contribution in [0.2, 0.25) is 0 Å². The molecule has 0 spiro atoms. The molecule has 0 N–H and O–H groups in total. The monoisotopic (exact) mass is 247 g/mol. The van der Waals surface area contributed by atoms with Gasteiger partial charge in [-0.15, -0.1) is 0 Å². The molecule has 4 heteroatoms. The molecule has 0 aliphatic heterocycles. The SMILES string of the molecule is COc1ccc2c(c1)C(=O)CC2CC(=O)N(C)C. The number of rotatable bonds is 3. The fraction of sp³-hybridized carbons (Fsp3) is 0.429. The average Bonchev–Trinajstić information content (AvgIpc) is 2.65. The van der Waals surface area contributed by atoms with E-state index in [1.165, 1.54) is 0 Å². The van der Waals surface area contributed by atoms with Crippen molar-refractivity contribution < 1.29 is 14.3 Å². The van der Waals surface area contributed by atoms with Gasteiger partial charge in [0.05, 0.1) is 7.11 Å². The first-order chi connectivity index (χ1) is 8.52. The van der Waals surface area contributed by atoms with Gasteiger partial charge in [-0.1, -0.05) is 6.07 Å². The quantitative estimate of drug-likeness (QED) is 0.818. The molecule has 1 aromatic rings. The highest BCUT2D eigenvalue weighted by Gasteiger charge is 2.31. The molecule has 0 radical (unpaired) electrons. The lowest BCUT2D eigenvalue weighted by Crippen LogP contribution is -2.23. The molecule has 1 aliphatic carbocycles. The molecule has 18 heavy (non-hydrogen) atoms. The van der Waals surface area contributed by atoms with Crippen LogP contribution in [0.5, 0.6) is 5.75 Å². The van der Waals surface area contributed by atoms with Crippen LogP contribution in [0.15, 0.2) is 18.2 Å². The highest BCUT2D eigenvalue weighted by molar-refractivity contribution is 6.02. The van der Waals surface area contributed by atoms with Crippen LogP contribution >= 0.6 is 0 Å². The van der Waals surface area contributed by atoms with E-state index in [1.807, 2.05) is 12.1 Å². The van der Waals surface area contributed by atoms with Crippen molar-refractivity contribution in [1.82, 2.24) is 4.90 Å². The third kappa shape index (κ3) is 2.23. The van der Waals surface area contributed by atoms with Crippen LogP contribution in [-0.4, -0.2) is 37.8 Å². The molecular formula is C14H17NO3. The standard InChI is InChI=1S/C14H17NO3/c1-15(2)14(17)7-9-6-13(16)12-8-10(18-3)4-5-11(9)12/h4-5,8-9H,6-7H2,1-3H3. The Bertz CT molecular complexity index is 494. The number of hydrogen-bond acceptors (Lipinski definition) is 3. The first kappa shape index (κ1) is 12.6. The summed E-state index contributed by atoms with van der Waals surface area (Å²) in [4.78, 5) is 25.2. The maximum atomic E-state index is 11.9. The number of Topliss-reactive ketones (excluding diaryl/α,β-unsaturated/α-hetero) is 1. The highest BCUT2D eigenvalue weighted by atomic mass is 16.5. The van der Waals surface area contributed by atoms with Crippen molar-refractivity contribution in [3.63, 3.8) is 0 Å². The number of amides is 1. The largest absolute Gasteiger partial charge is 0.497 e. The highest BCUT2D eigenvalue weighted by Crippen LogP contribution is 2.37. The molecule has 1 amide bonds. The van der Waals surface area contributed by atoms with Gasteiger partial charge in [0.15, 0.2) is 5.78 Å². The number of methoxy groups -OCH3 is 1. The summed E-state index contributed by atoms with van der Waals surface area (Å²) in [5.41, 5.74) is 1.67. The Labute approximate surface area is 107 Å². The van der Waals surface area contributed by atoms with Gasteiger partial charge in [-0.3, -0.25) is 9.59 Å². The van der Waals surface area contributed by atoms with Crippen LogP contribution in [0.25, 0.3) is 0 Å². The normalized spacial score (nSPS) is 17.5. The maximum Gasteiger partial charge on any atom is 0.222 e. The zero-order valence-corrected chi connectivity index (χ0v) is 10.9. The summed E-state index contributed by atoms with van der Waals surface area (Å²) in [5, 5.41) is 0. The lowest BCUT2D eigenvalue weighted by Gasteiger charge is -2.14. The van der Waals surface area contributed by atoms with E-state index in [0.29, 0.717) is 24.2 Å². The van der Waals surface area contributed by atoms with E-state index in [-0.39, 0.29) is 17.6 Å². The molecule has 1 aliphatic rings. The molecule has 0 aromatic heterocycles. The second-order valence-electron chi connectivity index (χ2n) is 4.77. The van der Waals surface area contributed by atoms with Crippen molar-refractivity contribution in [2.24, 2.45) is 0 Å². The van der Waals surface area contributed by atoms with E-state index in [1.54, 1.807) is 32.2 Å². The number of hydrogen-bond donors (Lipinski definition) is 0. The maximum absolute atomic E-state index is 11.9. The number of nitrogens with zero attached hydrogens (tertiary/aromatic N) is 1. The number of fused-ring (bicyclic) bond motifs is 1. The molecule has 96 valence electrons. The van der Waals surface area contributed by atoms with Crippen LogP contribution in [0.4, 0.5) is 0 Å². The Kier molecular flexibility index (Phi) is 3.36. The van der Waals surface area contributed by atoms with Gasteiger partial charge < -0.3 is 9.64 Å². The summed E-state index contributed by atoms with van der Waals surface area (Å²) < 4.78 is 5.11. The van der Waals surface area contributed by atoms with Crippen LogP contribution < -0.4 is 4.74 Å². The third-order valence-electron chi connectivity index (χ3n) is 3.35. The van der Waals surface area contributed by atoms with Gasteiger partial charge in [0.2, 0.25) is 5.91 Å². The molecule has 1 unspecified atom stereocenters. The van der Waals surface area contributed by atoms with Crippen molar-refractivity contribution >= 4 is 11.7 Å². The molecule has 0 fully saturated rings. The molecule has 0 bridgehead atoms. The lowest BCUT2D eigenvalue weighted by molar-refractivity contribution is -0.129. The number of ketones is 1. The molecular weight excluding hydrogens is 230 g/mol. The molecule has 0 saturated heterocycles. The van der Waals surface area contributed by atoms with Crippen molar-refractivity contribution in [3.05, 3.63) is 29.3 Å². The second-order valence-corrected chi connectivity index (χ2v) is 4.77. The predicted octanol–water partition coefficient (Wildman–Crippen LogP) is 1.84. The molecule has 1 atom stereocenters. The van der Waals surface area contributed by atoms with Gasteiger partial charge in [-0.05, 0) is 17.7 Å². The fourth-order valence-corrected chi connectivity index (χ4v) is 2.28. The van der Waals surface area contributed by atoms with E-state index < -0.39 is 0 Å². The first-order valence-electron chi connectivity index (χ1n) is 5.94. The summed E-state index contributed by atoms with van der Waals surface area (Å²) in [6.45, 7) is 0. The number of carbonyl (C=O) groups is 2. The summed E-state index contributed by atoms with van der Waals surface area (Å²) in [6, 6.07) is 5.50. The van der Waals surface area contributed by atoms with Gasteiger partial charge in [0.1, 0.15) is 5.75 Å². The zero-order chi connectivity index (χ0) is 13.3. The molecule has 4 nitrogen and oxygen atoms in total. The Morgan fingerprint density at radius 3 is 2.78 bits per heavy atom. The first-order valence-corrected chi connectivity index (χ1v) is 5.94. The summed E-state index contributed by atoms with van der Waals surface area (Å²) in [5.74, 6) is 0.840. The van der Waals surface area contributed by atoms with Gasteiger partial charge in [0.25, 0.3) is 0 Å². The molecule has 2 rings (SSSR count). The van der Waals surface area contributed by atoms with Gasteiger partial charge in [0, 0.05) is 38.4 Å². The number of ether oxygens (including phenoxy) is 1. The van der Waals surface area contributed by atoms with Crippen molar-refractivity contribution in [1.29, 1.82) is 0 Å². The summed E-state index contributed by atoms with van der Waals surface area (Å²) in [6.07, 6.45) is 0.806. The minimum absolute atomic E-state index is 0.00769. The smallest absolute Gasteiger partial charge is 0.222 e. The molecule has 1 aromatic carbocycles. The summed E-state index contributed by atoms with van der Waals surface area (Å²) >= 11 is 0. The molecule has 0 heterocycles. The van der Waals surface area contributed by atoms with Crippen molar-refractivity contribution in [2.75, 3.05) is 21.2 Å². The Morgan fingerprint density at radius 2 is 2.17 bits per heavy atom. The number of carbonyl (C=O) groups excluding carboxylic acids is 2. The van der Waals surface area contributed by atoms with Crippen molar-refractivity contribution in [3.8, 4) is 5.75 Å². The fourth-order valence-electron chi connectivity index (χ4n) is 2.28. The third-order valence-corrected chi connectivity index (χ3v) is 3.35. The van der Waals surface area contributed by atoms with E-state index in [2.05, 4.69) is 0 Å². The minimum atomic E-state index is 0.00769. The summed E-state index contributed by atoms with van der Waals surface area (Å²) in [7, 11) is 5.04. The van der Waals surface area contributed by atoms with Crippen LogP contribution in [0.3, 0.4) is 0 Å². The van der Waals surface area contributed by atoms with E-state index in [9.17, 15) is 9.59 Å². The van der Waals surface area contributed by atoms with Crippen molar-refractivity contribution in [2.45, 2.75) is 18.8 Å². The van der Waals surface area contributed by atoms with Gasteiger partial charge in [-0.2, -0.15) is 0 Å². The van der Waals surface area contributed by atoms with Crippen LogP contribution in [0, 0.1) is 0 Å². The van der Waals surface area contributed by atoms with E-state index in [4.69, 9.17) is 4.74 Å². The lowest BCUT2D eigenvalue weighted by atomic mass is 9.97. The average molecular weight is 247 g/mol. The Hall–Kier alpha value is -1.84. The predicted molar refractivity (Wildman–Crippen MR) is 68.0 cm³/mol. The second kappa shape index (κ2) is 4.80.